The molecule has 0 aromatic rings. The van der Waals surface area contributed by atoms with Crippen LogP contribution in [0.4, 0.5) is 0 Å². The highest BCUT2D eigenvalue weighted by molar-refractivity contribution is 7.99. The van der Waals surface area contributed by atoms with Crippen LogP contribution >= 0.6 is 23.5 Å². The van der Waals surface area contributed by atoms with Crippen LogP contribution in [0.15, 0.2) is 0 Å². The van der Waals surface area contributed by atoms with Crippen LogP contribution < -0.4 is 5.32 Å². The molecule has 2 aliphatic heterocycles. The molecule has 0 aliphatic carbocycles. The fraction of sp³-hybridized carbons (Fsp3) is 1.00. The predicted molar refractivity (Wildman–Crippen MR) is 61.4 cm³/mol. The highest BCUT2D eigenvalue weighted by Crippen LogP contribution is 2.14. The highest BCUT2D eigenvalue weighted by Gasteiger charge is 1.95. The molecule has 12 heavy (non-hydrogen) atoms. The van der Waals surface area contributed by atoms with Crippen LogP contribution in [0.5, 0.6) is 0 Å². The summed E-state index contributed by atoms with van der Waals surface area (Å²) in [6, 6.07) is 0. The summed E-state index contributed by atoms with van der Waals surface area (Å²) in [6.07, 6.45) is 4.41. The van der Waals surface area contributed by atoms with E-state index in [0.717, 1.165) is 0 Å². The fourth-order valence-electron chi connectivity index (χ4n) is 1.20. The number of rotatable bonds is 0. The van der Waals surface area contributed by atoms with Crippen molar-refractivity contribution in [3.05, 3.63) is 0 Å². The summed E-state index contributed by atoms with van der Waals surface area (Å²) in [6.45, 7) is 2.43. The molecule has 2 rings (SSSR count). The van der Waals surface area contributed by atoms with E-state index in [9.17, 15) is 0 Å². The Kier molecular flexibility index (Phi) is 7.40. The van der Waals surface area contributed by atoms with E-state index in [1.54, 1.807) is 0 Å². The average molecular weight is 205 g/mol. The van der Waals surface area contributed by atoms with Gasteiger partial charge in [-0.05, 0) is 24.3 Å². The van der Waals surface area contributed by atoms with Crippen molar-refractivity contribution in [2.45, 2.75) is 19.3 Å². The summed E-state index contributed by atoms with van der Waals surface area (Å²) >= 11 is 4.13. The normalized spacial score (nSPS) is 24.0. The molecule has 0 atom stereocenters. The monoisotopic (exact) mass is 205 g/mol. The summed E-state index contributed by atoms with van der Waals surface area (Å²) in [5.41, 5.74) is 0. The molecule has 1 N–H and O–H groups in total. The number of nitrogens with one attached hydrogen (secondary N) is 1. The smallest absolute Gasteiger partial charge is 0.00585 e. The van der Waals surface area contributed by atoms with Crippen LogP contribution in [0, 0.1) is 0 Å². The summed E-state index contributed by atoms with van der Waals surface area (Å²) in [7, 11) is 0. The first kappa shape index (κ1) is 10.7. The minimum absolute atomic E-state index is 1.21. The maximum absolute atomic E-state index is 3.26. The van der Waals surface area contributed by atoms with Crippen molar-refractivity contribution in [3.63, 3.8) is 0 Å². The van der Waals surface area contributed by atoms with Gasteiger partial charge in [0.15, 0.2) is 0 Å². The van der Waals surface area contributed by atoms with Crippen molar-refractivity contribution >= 4 is 23.5 Å². The van der Waals surface area contributed by atoms with Gasteiger partial charge < -0.3 is 5.32 Å². The van der Waals surface area contributed by atoms with E-state index in [2.05, 4.69) is 17.1 Å². The molecule has 0 radical (unpaired) electrons. The number of thioether (sulfide) groups is 2. The van der Waals surface area contributed by atoms with Gasteiger partial charge in [0.25, 0.3) is 0 Å². The molecule has 3 heteroatoms. The van der Waals surface area contributed by atoms with E-state index in [1.165, 1.54) is 55.4 Å². The third-order valence-corrected chi connectivity index (χ3v) is 4.06. The van der Waals surface area contributed by atoms with E-state index in [-0.39, 0.29) is 0 Å². The predicted octanol–water partition coefficient (Wildman–Crippen LogP) is 2.23. The molecule has 0 aromatic carbocycles. The Morgan fingerprint density at radius 2 is 1.25 bits per heavy atom. The first-order valence-electron chi connectivity index (χ1n) is 4.86. The van der Waals surface area contributed by atoms with Crippen LogP contribution in [0.25, 0.3) is 0 Å². The Labute approximate surface area is 84.4 Å². The SMILES string of the molecule is C1CCSCC1.C1CSCCN1. The topological polar surface area (TPSA) is 12.0 Å². The first-order valence-corrected chi connectivity index (χ1v) is 7.17. The Morgan fingerprint density at radius 3 is 1.42 bits per heavy atom. The Bertz CT molecular complexity index is 55.5. The maximum atomic E-state index is 3.26. The lowest BCUT2D eigenvalue weighted by Gasteiger charge is -2.08. The van der Waals surface area contributed by atoms with Crippen molar-refractivity contribution in [2.75, 3.05) is 36.1 Å². The summed E-state index contributed by atoms with van der Waals surface area (Å²) in [5.74, 6) is 5.44. The standard InChI is InChI=1S/C5H10S.C4H9NS/c1-2-4-6-5-3-1;1-3-6-4-2-5-1/h1-5H2;5H,1-4H2. The number of hydrogen-bond donors (Lipinski definition) is 1. The zero-order chi connectivity index (χ0) is 8.49. The van der Waals surface area contributed by atoms with E-state index < -0.39 is 0 Å². The van der Waals surface area contributed by atoms with Crippen molar-refractivity contribution in [1.82, 2.24) is 5.32 Å². The fourth-order valence-corrected chi connectivity index (χ4v) is 3.00. The molecule has 1 nitrogen and oxygen atoms in total. The van der Waals surface area contributed by atoms with Crippen molar-refractivity contribution in [2.24, 2.45) is 0 Å². The minimum atomic E-state index is 1.21. The molecule has 0 aromatic heterocycles. The molecule has 0 bridgehead atoms. The van der Waals surface area contributed by atoms with Gasteiger partial charge in [0.05, 0.1) is 0 Å². The third kappa shape index (κ3) is 6.21. The van der Waals surface area contributed by atoms with Gasteiger partial charge in [-0.15, -0.1) is 0 Å². The molecule has 72 valence electrons. The first-order chi connectivity index (χ1) is 6.00. The van der Waals surface area contributed by atoms with Gasteiger partial charge in [-0.1, -0.05) is 6.42 Å². The zero-order valence-corrected chi connectivity index (χ0v) is 9.31. The Morgan fingerprint density at radius 1 is 0.667 bits per heavy atom. The van der Waals surface area contributed by atoms with Gasteiger partial charge in [0.1, 0.15) is 0 Å². The van der Waals surface area contributed by atoms with E-state index in [4.69, 9.17) is 0 Å². The van der Waals surface area contributed by atoms with E-state index >= 15 is 0 Å². The minimum Gasteiger partial charge on any atom is -0.315 e. The second-order valence-electron chi connectivity index (χ2n) is 3.04. The van der Waals surface area contributed by atoms with Crippen LogP contribution in [0.3, 0.4) is 0 Å². The number of hydrogen-bond acceptors (Lipinski definition) is 3. The van der Waals surface area contributed by atoms with E-state index in [0.29, 0.717) is 0 Å². The summed E-state index contributed by atoms with van der Waals surface area (Å²) in [5, 5.41) is 3.26. The second-order valence-corrected chi connectivity index (χ2v) is 5.48. The lowest BCUT2D eigenvalue weighted by molar-refractivity contribution is 0.756. The van der Waals surface area contributed by atoms with Crippen molar-refractivity contribution < 1.29 is 0 Å². The van der Waals surface area contributed by atoms with Gasteiger partial charge >= 0.3 is 0 Å². The van der Waals surface area contributed by atoms with Crippen LogP contribution in [0.2, 0.25) is 0 Å². The lowest BCUT2D eigenvalue weighted by atomic mass is 10.3. The highest BCUT2D eigenvalue weighted by atomic mass is 32.2. The molecule has 0 saturated carbocycles. The van der Waals surface area contributed by atoms with E-state index in [1.807, 2.05) is 11.8 Å². The zero-order valence-electron chi connectivity index (χ0n) is 7.68. The Hall–Kier alpha value is 0.660. The molecule has 2 saturated heterocycles. The third-order valence-electron chi connectivity index (χ3n) is 1.92. The molecule has 0 spiro atoms. The van der Waals surface area contributed by atoms with Gasteiger partial charge in [-0.25, -0.2) is 0 Å². The Balaban J connectivity index is 0.000000120. The van der Waals surface area contributed by atoms with Crippen molar-refractivity contribution in [3.8, 4) is 0 Å². The van der Waals surface area contributed by atoms with Gasteiger partial charge in [0, 0.05) is 24.6 Å². The molecule has 0 unspecified atom stereocenters. The molecule has 2 heterocycles. The van der Waals surface area contributed by atoms with Crippen LogP contribution in [-0.4, -0.2) is 36.1 Å². The largest absolute Gasteiger partial charge is 0.315 e. The quantitative estimate of drug-likeness (QED) is 0.651. The molecular weight excluding hydrogens is 186 g/mol. The molecule has 0 amide bonds. The van der Waals surface area contributed by atoms with Gasteiger partial charge in [-0.3, -0.25) is 0 Å². The van der Waals surface area contributed by atoms with Gasteiger partial charge in [-0.2, -0.15) is 23.5 Å². The van der Waals surface area contributed by atoms with Crippen LogP contribution in [0.1, 0.15) is 19.3 Å². The summed E-state index contributed by atoms with van der Waals surface area (Å²) < 4.78 is 0. The van der Waals surface area contributed by atoms with Gasteiger partial charge in [0.2, 0.25) is 0 Å². The summed E-state index contributed by atoms with van der Waals surface area (Å²) in [4.78, 5) is 0. The molecular formula is C9H19NS2. The van der Waals surface area contributed by atoms with Crippen LogP contribution in [-0.2, 0) is 0 Å². The average Bonchev–Trinajstić information content (AvgIpc) is 2.24. The maximum Gasteiger partial charge on any atom is 0.00585 e. The van der Waals surface area contributed by atoms with Crippen molar-refractivity contribution in [1.29, 1.82) is 0 Å². The lowest BCUT2D eigenvalue weighted by Crippen LogP contribution is -2.24. The molecule has 2 aliphatic rings. The second kappa shape index (κ2) is 8.27. The molecule has 2 fully saturated rings.